The van der Waals surface area contributed by atoms with Crippen LogP contribution in [0.1, 0.15) is 12.8 Å². The van der Waals surface area contributed by atoms with Gasteiger partial charge in [-0.2, -0.15) is 0 Å². The van der Waals surface area contributed by atoms with E-state index in [0.717, 1.165) is 25.9 Å². The molecule has 42 valence electrons. The van der Waals surface area contributed by atoms with Gasteiger partial charge >= 0.3 is 0 Å². The zero-order chi connectivity index (χ0) is 5.98. The zero-order valence-corrected chi connectivity index (χ0v) is 4.30. The van der Waals surface area contributed by atoms with Crippen LogP contribution in [0.2, 0.25) is 1.41 Å². The van der Waals surface area contributed by atoms with Crippen LogP contribution in [0, 0.1) is 0 Å². The van der Waals surface area contributed by atoms with Crippen LogP contribution in [0.5, 0.6) is 0 Å². The van der Waals surface area contributed by atoms with Crippen molar-refractivity contribution in [2.45, 2.75) is 18.9 Å². The summed E-state index contributed by atoms with van der Waals surface area (Å²) in [5.41, 5.74) is 0. The second-order valence-electron chi connectivity index (χ2n) is 1.90. The summed E-state index contributed by atoms with van der Waals surface area (Å²) >= 11 is 0. The number of piperidine rings is 1. The lowest BCUT2D eigenvalue weighted by Crippen LogP contribution is -2.30. The van der Waals surface area contributed by atoms with E-state index in [1.54, 1.807) is 0 Å². The smallest absolute Gasteiger partial charge is 0.122 e. The van der Waals surface area contributed by atoms with Gasteiger partial charge in [0.1, 0.15) is 1.41 Å². The van der Waals surface area contributed by atoms with Crippen molar-refractivity contribution >= 4 is 0 Å². The first-order valence-electron chi connectivity index (χ1n) is 3.15. The molecule has 1 heterocycles. The molecule has 0 aliphatic carbocycles. The standard InChI is InChI=1S/C5H11NO/c7-5-1-3-6-4-2-5/h5-7H,1-4H2/i/hD. The van der Waals surface area contributed by atoms with Crippen LogP contribution in [-0.4, -0.2) is 24.3 Å². The van der Waals surface area contributed by atoms with Gasteiger partial charge in [0, 0.05) is 0 Å². The molecule has 0 unspecified atom stereocenters. The highest BCUT2D eigenvalue weighted by molar-refractivity contribution is 4.65. The van der Waals surface area contributed by atoms with Gasteiger partial charge < -0.3 is 10.4 Å². The van der Waals surface area contributed by atoms with E-state index in [1.165, 1.54) is 5.31 Å². The molecule has 7 heavy (non-hydrogen) atoms. The van der Waals surface area contributed by atoms with Gasteiger partial charge in [-0.05, 0) is 25.9 Å². The molecule has 1 saturated heterocycles. The third-order valence-corrected chi connectivity index (χ3v) is 1.24. The van der Waals surface area contributed by atoms with Crippen LogP contribution in [0.25, 0.3) is 0 Å². The molecule has 0 saturated carbocycles. The van der Waals surface area contributed by atoms with Gasteiger partial charge in [-0.15, -0.1) is 0 Å². The van der Waals surface area contributed by atoms with E-state index in [9.17, 15) is 0 Å². The second kappa shape index (κ2) is 2.28. The van der Waals surface area contributed by atoms with E-state index in [4.69, 9.17) is 6.52 Å². The third kappa shape index (κ3) is 1.45. The Balaban J connectivity index is 2.19. The van der Waals surface area contributed by atoms with Crippen molar-refractivity contribution in [3.63, 3.8) is 0 Å². The minimum Gasteiger partial charge on any atom is -0.393 e. The van der Waals surface area contributed by atoms with Gasteiger partial charge in [-0.25, -0.2) is 0 Å². The van der Waals surface area contributed by atoms with Crippen molar-refractivity contribution in [3.05, 3.63) is 0 Å². The summed E-state index contributed by atoms with van der Waals surface area (Å²) < 4.78 is 7.08. The summed E-state index contributed by atoms with van der Waals surface area (Å²) in [6.07, 6.45) is 1.39. The van der Waals surface area contributed by atoms with E-state index >= 15 is 0 Å². The van der Waals surface area contributed by atoms with Crippen molar-refractivity contribution in [2.75, 3.05) is 13.1 Å². The lowest BCUT2D eigenvalue weighted by molar-refractivity contribution is 0.137. The highest BCUT2D eigenvalue weighted by Crippen LogP contribution is 1.99. The Morgan fingerprint density at radius 1 is 1.57 bits per heavy atom. The van der Waals surface area contributed by atoms with Crippen LogP contribution in [-0.2, 0) is 0 Å². The number of aliphatic hydroxyl groups excluding tert-OH is 1. The monoisotopic (exact) mass is 102 g/mol. The Hall–Kier alpha value is -0.0800. The quantitative estimate of drug-likeness (QED) is 0.441. The number of aliphatic hydroxyl groups is 1. The van der Waals surface area contributed by atoms with Crippen molar-refractivity contribution in [2.24, 2.45) is 0 Å². The predicted molar refractivity (Wildman–Crippen MR) is 28.1 cm³/mol. The van der Waals surface area contributed by atoms with Gasteiger partial charge in [0.25, 0.3) is 0 Å². The van der Waals surface area contributed by atoms with Crippen molar-refractivity contribution in [3.8, 4) is 0 Å². The number of hydrogen-bond acceptors (Lipinski definition) is 2. The maximum absolute atomic E-state index is 8.92. The molecule has 0 bridgehead atoms. The maximum atomic E-state index is 8.92. The lowest BCUT2D eigenvalue weighted by atomic mass is 10.1. The zero-order valence-electron chi connectivity index (χ0n) is 5.30. The fraction of sp³-hybridized carbons (Fsp3) is 1.00. The molecular formula is C5H11NO. The minimum absolute atomic E-state index is 0.142. The van der Waals surface area contributed by atoms with Crippen LogP contribution < -0.4 is 5.31 Å². The van der Waals surface area contributed by atoms with Gasteiger partial charge in [0.2, 0.25) is 0 Å². The normalized spacial score (nSPS) is 30.1. The van der Waals surface area contributed by atoms with Crippen LogP contribution in [0.4, 0.5) is 0 Å². The van der Waals surface area contributed by atoms with E-state index in [2.05, 4.69) is 0 Å². The Bertz CT molecular complexity index is 60.8. The van der Waals surface area contributed by atoms with Gasteiger partial charge in [0.05, 0.1) is 6.10 Å². The molecule has 2 heteroatoms. The summed E-state index contributed by atoms with van der Waals surface area (Å²) in [5, 5.41) is 10.4. The first kappa shape index (κ1) is 3.87. The molecule has 0 aromatic rings. The van der Waals surface area contributed by atoms with E-state index in [0.29, 0.717) is 0 Å². The van der Waals surface area contributed by atoms with Crippen molar-refractivity contribution in [1.29, 1.82) is 0 Å². The topological polar surface area (TPSA) is 32.3 Å². The van der Waals surface area contributed by atoms with Gasteiger partial charge in [0.15, 0.2) is 0 Å². The van der Waals surface area contributed by atoms with E-state index in [-0.39, 0.29) is 6.10 Å². The Morgan fingerprint density at radius 2 is 2.14 bits per heavy atom. The molecule has 1 fully saturated rings. The molecule has 0 atom stereocenters. The summed E-state index contributed by atoms with van der Waals surface area (Å²) in [6.45, 7) is 1.45. The fourth-order valence-electron chi connectivity index (χ4n) is 0.737. The Kier molecular flexibility index (Phi) is 1.26. The summed E-state index contributed by atoms with van der Waals surface area (Å²) in [7, 11) is 0. The molecule has 0 spiro atoms. The average molecular weight is 102 g/mol. The molecular weight excluding hydrogens is 90.1 g/mol. The van der Waals surface area contributed by atoms with Crippen LogP contribution in [0.15, 0.2) is 0 Å². The largest absolute Gasteiger partial charge is 0.393 e. The van der Waals surface area contributed by atoms with Crippen LogP contribution >= 0.6 is 0 Å². The number of nitrogens with one attached hydrogen (secondary N) is 1. The average Bonchev–Trinajstić information content (AvgIpc) is 1.77. The maximum Gasteiger partial charge on any atom is 0.122 e. The lowest BCUT2D eigenvalue weighted by Gasteiger charge is -2.16. The first-order valence-corrected chi connectivity index (χ1v) is 2.71. The molecule has 0 aromatic heterocycles. The van der Waals surface area contributed by atoms with Crippen LogP contribution in [0.3, 0.4) is 0 Å². The van der Waals surface area contributed by atoms with Crippen molar-refractivity contribution < 1.29 is 6.52 Å². The minimum atomic E-state index is -0.142. The number of rotatable bonds is 0. The van der Waals surface area contributed by atoms with Gasteiger partial charge in [-0.1, -0.05) is 0 Å². The molecule has 0 amide bonds. The van der Waals surface area contributed by atoms with E-state index in [1.807, 2.05) is 0 Å². The fourth-order valence-corrected chi connectivity index (χ4v) is 0.737. The highest BCUT2D eigenvalue weighted by atomic mass is 16.3. The summed E-state index contributed by atoms with van der Waals surface area (Å²) in [6, 6.07) is 0. The van der Waals surface area contributed by atoms with Crippen molar-refractivity contribution in [1.82, 2.24) is 5.31 Å². The molecule has 2 N–H and O–H groups in total. The Labute approximate surface area is 45.0 Å². The third-order valence-electron chi connectivity index (χ3n) is 1.24. The first-order chi connectivity index (χ1) is 3.79. The molecule has 1 rings (SSSR count). The number of hydrogen-bond donors (Lipinski definition) is 2. The molecule has 1 aliphatic rings. The van der Waals surface area contributed by atoms with Gasteiger partial charge in [-0.3, -0.25) is 0 Å². The predicted octanol–water partition coefficient (Wildman–Crippen LogP) is -0.269. The molecule has 0 aromatic carbocycles. The molecule has 1 aliphatic heterocycles. The summed E-state index contributed by atoms with van der Waals surface area (Å²) in [5.74, 6) is 0. The SMILES string of the molecule is [2H]N1CCC(O)CC1. The van der Waals surface area contributed by atoms with E-state index < -0.39 is 0 Å². The second-order valence-corrected chi connectivity index (χ2v) is 1.90. The molecule has 0 radical (unpaired) electrons. The molecule has 2 nitrogen and oxygen atoms in total. The Morgan fingerprint density at radius 3 is 2.57 bits per heavy atom. The highest BCUT2D eigenvalue weighted by Gasteiger charge is 2.06. The summed E-state index contributed by atoms with van der Waals surface area (Å²) in [4.78, 5) is 0.